The predicted octanol–water partition coefficient (Wildman–Crippen LogP) is 2.25. The molecule has 2 heterocycles. The van der Waals surface area contributed by atoms with Crippen LogP contribution in [-0.2, 0) is 4.79 Å². The summed E-state index contributed by atoms with van der Waals surface area (Å²) < 4.78 is 0. The minimum Gasteiger partial charge on any atom is -0.339 e. The fourth-order valence-corrected chi connectivity index (χ4v) is 3.90. The fraction of sp³-hybridized carbons (Fsp3) is 0.588. The summed E-state index contributed by atoms with van der Waals surface area (Å²) in [6.07, 6.45) is 0.875. The van der Waals surface area contributed by atoms with Crippen LogP contribution in [0.3, 0.4) is 0 Å². The van der Waals surface area contributed by atoms with Crippen LogP contribution in [0.15, 0.2) is 30.3 Å². The number of benzene rings is 1. The van der Waals surface area contributed by atoms with Crippen LogP contribution in [0.4, 0.5) is 0 Å². The molecule has 3 heteroatoms. The van der Waals surface area contributed by atoms with E-state index < -0.39 is 0 Å². The Hall–Kier alpha value is -1.35. The van der Waals surface area contributed by atoms with E-state index in [0.717, 1.165) is 31.6 Å². The highest BCUT2D eigenvalue weighted by Gasteiger charge is 2.44. The van der Waals surface area contributed by atoms with Crippen molar-refractivity contribution in [3.05, 3.63) is 35.9 Å². The van der Waals surface area contributed by atoms with Crippen molar-refractivity contribution in [1.29, 1.82) is 0 Å². The number of likely N-dealkylation sites (tertiary alicyclic amines) is 1. The molecular weight excluding hydrogens is 248 g/mol. The molecule has 4 unspecified atom stereocenters. The van der Waals surface area contributed by atoms with Crippen LogP contribution in [0, 0.1) is 11.8 Å². The number of carbonyl (C=O) groups is 1. The molecule has 2 aliphatic heterocycles. The van der Waals surface area contributed by atoms with Gasteiger partial charge in [0.1, 0.15) is 0 Å². The van der Waals surface area contributed by atoms with Gasteiger partial charge in [-0.2, -0.15) is 0 Å². The Morgan fingerprint density at radius 2 is 2.10 bits per heavy atom. The van der Waals surface area contributed by atoms with Crippen molar-refractivity contribution < 1.29 is 4.79 Å². The molecule has 2 saturated heterocycles. The largest absolute Gasteiger partial charge is 0.339 e. The highest BCUT2D eigenvalue weighted by atomic mass is 16.2. The standard InChI is InChI=1S/C17H24N2O/c1-3-15(13-7-5-4-6-8-13)17(20)19-11-14-9-18-10-16(14)12(19)2/h4-8,12,14-16,18H,3,9-11H2,1-2H3. The van der Waals surface area contributed by atoms with Crippen molar-refractivity contribution in [1.82, 2.24) is 10.2 Å². The molecule has 2 aliphatic rings. The van der Waals surface area contributed by atoms with Crippen LogP contribution in [0.2, 0.25) is 0 Å². The SMILES string of the molecule is CCC(C(=O)N1CC2CNCC2C1C)c1ccccc1. The van der Waals surface area contributed by atoms with Crippen molar-refractivity contribution in [2.45, 2.75) is 32.2 Å². The van der Waals surface area contributed by atoms with Gasteiger partial charge in [-0.25, -0.2) is 0 Å². The normalized spacial score (nSPS) is 30.3. The second-order valence-electron chi connectivity index (χ2n) is 6.18. The van der Waals surface area contributed by atoms with Crippen molar-refractivity contribution in [3.63, 3.8) is 0 Å². The van der Waals surface area contributed by atoms with Crippen LogP contribution in [0.5, 0.6) is 0 Å². The third-order valence-corrected chi connectivity index (χ3v) is 5.13. The van der Waals surface area contributed by atoms with Crippen molar-refractivity contribution in [3.8, 4) is 0 Å². The fourth-order valence-electron chi connectivity index (χ4n) is 3.90. The summed E-state index contributed by atoms with van der Waals surface area (Å²) in [6.45, 7) is 7.39. The molecule has 108 valence electrons. The summed E-state index contributed by atoms with van der Waals surface area (Å²) in [6, 6.07) is 10.6. The number of hydrogen-bond donors (Lipinski definition) is 1. The first kappa shape index (κ1) is 13.6. The molecule has 0 radical (unpaired) electrons. The van der Waals surface area contributed by atoms with Crippen LogP contribution >= 0.6 is 0 Å². The highest BCUT2D eigenvalue weighted by Crippen LogP contribution is 2.35. The van der Waals surface area contributed by atoms with Gasteiger partial charge in [0.15, 0.2) is 0 Å². The molecule has 3 nitrogen and oxygen atoms in total. The Kier molecular flexibility index (Phi) is 3.79. The van der Waals surface area contributed by atoms with Gasteiger partial charge in [0, 0.05) is 25.7 Å². The van der Waals surface area contributed by atoms with E-state index in [4.69, 9.17) is 0 Å². The first-order valence-corrected chi connectivity index (χ1v) is 7.78. The lowest BCUT2D eigenvalue weighted by Crippen LogP contribution is -2.40. The van der Waals surface area contributed by atoms with E-state index in [-0.39, 0.29) is 5.92 Å². The quantitative estimate of drug-likeness (QED) is 0.915. The first-order valence-electron chi connectivity index (χ1n) is 7.78. The molecule has 1 amide bonds. The average molecular weight is 272 g/mol. The smallest absolute Gasteiger partial charge is 0.230 e. The van der Waals surface area contributed by atoms with Gasteiger partial charge in [0.2, 0.25) is 5.91 Å². The molecule has 1 N–H and O–H groups in total. The number of rotatable bonds is 3. The number of amides is 1. The maximum absolute atomic E-state index is 12.9. The number of nitrogens with zero attached hydrogens (tertiary/aromatic N) is 1. The van der Waals surface area contributed by atoms with E-state index >= 15 is 0 Å². The minimum atomic E-state index is 0.0189. The summed E-state index contributed by atoms with van der Waals surface area (Å²) >= 11 is 0. The maximum Gasteiger partial charge on any atom is 0.230 e. The third kappa shape index (κ3) is 2.24. The summed E-state index contributed by atoms with van der Waals surface area (Å²) in [5.41, 5.74) is 1.15. The van der Waals surface area contributed by atoms with Crippen LogP contribution in [-0.4, -0.2) is 36.5 Å². The van der Waals surface area contributed by atoms with Crippen molar-refractivity contribution >= 4 is 5.91 Å². The number of nitrogens with one attached hydrogen (secondary N) is 1. The molecule has 20 heavy (non-hydrogen) atoms. The Morgan fingerprint density at radius 1 is 1.35 bits per heavy atom. The maximum atomic E-state index is 12.9. The molecule has 2 fully saturated rings. The van der Waals surface area contributed by atoms with E-state index in [0.29, 0.717) is 23.8 Å². The van der Waals surface area contributed by atoms with Gasteiger partial charge in [-0.15, -0.1) is 0 Å². The number of fused-ring (bicyclic) bond motifs is 1. The Balaban J connectivity index is 1.78. The van der Waals surface area contributed by atoms with Gasteiger partial charge in [0.25, 0.3) is 0 Å². The molecule has 0 aliphatic carbocycles. The zero-order valence-electron chi connectivity index (χ0n) is 12.4. The van der Waals surface area contributed by atoms with Gasteiger partial charge in [0.05, 0.1) is 5.92 Å². The first-order chi connectivity index (χ1) is 9.72. The second kappa shape index (κ2) is 5.57. The van der Waals surface area contributed by atoms with Gasteiger partial charge in [-0.1, -0.05) is 37.3 Å². The molecule has 0 saturated carbocycles. The minimum absolute atomic E-state index is 0.0189. The molecule has 0 bridgehead atoms. The van der Waals surface area contributed by atoms with Gasteiger partial charge < -0.3 is 10.2 Å². The van der Waals surface area contributed by atoms with Gasteiger partial charge in [-0.3, -0.25) is 4.79 Å². The van der Waals surface area contributed by atoms with Crippen molar-refractivity contribution in [2.24, 2.45) is 11.8 Å². The second-order valence-corrected chi connectivity index (χ2v) is 6.18. The summed E-state index contributed by atoms with van der Waals surface area (Å²) in [4.78, 5) is 15.1. The van der Waals surface area contributed by atoms with Gasteiger partial charge in [-0.05, 0) is 30.7 Å². The number of carbonyl (C=O) groups excluding carboxylic acids is 1. The highest BCUT2D eigenvalue weighted by molar-refractivity contribution is 5.84. The molecule has 1 aromatic carbocycles. The monoisotopic (exact) mass is 272 g/mol. The molecular formula is C17H24N2O. The van der Waals surface area contributed by atoms with Crippen LogP contribution in [0.1, 0.15) is 31.7 Å². The van der Waals surface area contributed by atoms with E-state index in [1.54, 1.807) is 0 Å². The lowest BCUT2D eigenvalue weighted by Gasteiger charge is -2.28. The lowest BCUT2D eigenvalue weighted by atomic mass is 9.94. The lowest BCUT2D eigenvalue weighted by molar-refractivity contribution is -0.133. The van der Waals surface area contributed by atoms with E-state index in [2.05, 4.69) is 36.2 Å². The molecule has 4 atom stereocenters. The molecule has 0 spiro atoms. The Bertz CT molecular complexity index is 473. The van der Waals surface area contributed by atoms with E-state index in [1.165, 1.54) is 0 Å². The summed E-state index contributed by atoms with van der Waals surface area (Å²) in [5, 5.41) is 3.45. The summed E-state index contributed by atoms with van der Waals surface area (Å²) in [7, 11) is 0. The predicted molar refractivity (Wildman–Crippen MR) is 80.5 cm³/mol. The summed E-state index contributed by atoms with van der Waals surface area (Å²) in [5.74, 6) is 1.64. The Morgan fingerprint density at radius 3 is 2.75 bits per heavy atom. The van der Waals surface area contributed by atoms with Crippen LogP contribution < -0.4 is 5.32 Å². The molecule has 0 aromatic heterocycles. The zero-order valence-corrected chi connectivity index (χ0v) is 12.4. The van der Waals surface area contributed by atoms with Crippen LogP contribution in [0.25, 0.3) is 0 Å². The molecule has 1 aromatic rings. The number of hydrogen-bond acceptors (Lipinski definition) is 2. The van der Waals surface area contributed by atoms with Crippen molar-refractivity contribution in [2.75, 3.05) is 19.6 Å². The Labute approximate surface area is 121 Å². The third-order valence-electron chi connectivity index (χ3n) is 5.13. The van der Waals surface area contributed by atoms with E-state index in [9.17, 15) is 4.79 Å². The zero-order chi connectivity index (χ0) is 14.1. The average Bonchev–Trinajstić information content (AvgIpc) is 3.04. The van der Waals surface area contributed by atoms with Gasteiger partial charge >= 0.3 is 0 Å². The topological polar surface area (TPSA) is 32.3 Å². The van der Waals surface area contributed by atoms with E-state index in [1.807, 2.05) is 18.2 Å². The molecule has 3 rings (SSSR count).